The molecule has 0 aromatic rings. The zero-order valence-electron chi connectivity index (χ0n) is 12.1. The van der Waals surface area contributed by atoms with Gasteiger partial charge in [-0.25, -0.2) is 4.79 Å². The number of urea groups is 1. The number of morpholine rings is 1. The normalized spacial score (nSPS) is 28.1. The molecule has 114 valence electrons. The molecule has 6 heteroatoms. The van der Waals surface area contributed by atoms with Gasteiger partial charge in [0.1, 0.15) is 0 Å². The number of likely N-dealkylation sites (tertiary alicyclic amines) is 1. The standard InChI is InChI=1S/C14H24N2O4/c1-11-3-2-5-15(6-4-11)14(19)16-7-8-20-12(10-16)9-13(17)18/h11-12H,2-10H2,1H3,(H,17,18). The zero-order chi connectivity index (χ0) is 14.5. The summed E-state index contributed by atoms with van der Waals surface area (Å²) in [6.07, 6.45) is 2.86. The molecule has 2 aliphatic rings. The molecule has 2 aliphatic heterocycles. The Morgan fingerprint density at radius 2 is 2.00 bits per heavy atom. The van der Waals surface area contributed by atoms with E-state index in [9.17, 15) is 9.59 Å². The molecular weight excluding hydrogens is 260 g/mol. The van der Waals surface area contributed by atoms with Crippen molar-refractivity contribution in [1.82, 2.24) is 9.80 Å². The number of amides is 2. The molecule has 2 amide bonds. The minimum atomic E-state index is -0.882. The molecule has 0 spiro atoms. The van der Waals surface area contributed by atoms with Crippen LogP contribution in [0.5, 0.6) is 0 Å². The molecule has 2 heterocycles. The number of rotatable bonds is 2. The summed E-state index contributed by atoms with van der Waals surface area (Å²) >= 11 is 0. The number of carbonyl (C=O) groups excluding carboxylic acids is 1. The lowest BCUT2D eigenvalue weighted by molar-refractivity contribution is -0.141. The summed E-state index contributed by atoms with van der Waals surface area (Å²) in [4.78, 5) is 26.9. The molecule has 0 radical (unpaired) electrons. The highest BCUT2D eigenvalue weighted by Gasteiger charge is 2.29. The molecule has 0 saturated carbocycles. The zero-order valence-corrected chi connectivity index (χ0v) is 12.1. The molecule has 2 unspecified atom stereocenters. The summed E-state index contributed by atoms with van der Waals surface area (Å²) in [5, 5.41) is 8.81. The van der Waals surface area contributed by atoms with Crippen molar-refractivity contribution >= 4 is 12.0 Å². The van der Waals surface area contributed by atoms with Crippen molar-refractivity contribution in [2.45, 2.75) is 38.7 Å². The average Bonchev–Trinajstić information content (AvgIpc) is 2.62. The minimum Gasteiger partial charge on any atom is -0.481 e. The maximum Gasteiger partial charge on any atom is 0.320 e. The van der Waals surface area contributed by atoms with Crippen LogP contribution in [0.3, 0.4) is 0 Å². The Morgan fingerprint density at radius 3 is 2.75 bits per heavy atom. The first-order valence-electron chi connectivity index (χ1n) is 7.43. The predicted octanol–water partition coefficient (Wildman–Crippen LogP) is 1.40. The fourth-order valence-electron chi connectivity index (χ4n) is 2.87. The molecule has 20 heavy (non-hydrogen) atoms. The van der Waals surface area contributed by atoms with Gasteiger partial charge >= 0.3 is 12.0 Å². The Morgan fingerprint density at radius 1 is 1.20 bits per heavy atom. The number of ether oxygens (including phenoxy) is 1. The van der Waals surface area contributed by atoms with Gasteiger partial charge in [0.15, 0.2) is 0 Å². The second-order valence-electron chi connectivity index (χ2n) is 5.84. The Hall–Kier alpha value is -1.30. The molecule has 0 aromatic carbocycles. The highest BCUT2D eigenvalue weighted by molar-refractivity contribution is 5.75. The molecule has 2 atom stereocenters. The molecule has 2 fully saturated rings. The highest BCUT2D eigenvalue weighted by Crippen LogP contribution is 2.18. The molecule has 6 nitrogen and oxygen atoms in total. The van der Waals surface area contributed by atoms with Crippen molar-refractivity contribution in [2.24, 2.45) is 5.92 Å². The molecular formula is C14H24N2O4. The van der Waals surface area contributed by atoms with Crippen molar-refractivity contribution in [1.29, 1.82) is 0 Å². The number of carboxylic acids is 1. The van der Waals surface area contributed by atoms with E-state index in [-0.39, 0.29) is 18.6 Å². The number of carbonyl (C=O) groups is 2. The van der Waals surface area contributed by atoms with Crippen molar-refractivity contribution < 1.29 is 19.4 Å². The van der Waals surface area contributed by atoms with Crippen LogP contribution < -0.4 is 0 Å². The van der Waals surface area contributed by atoms with E-state index in [0.717, 1.165) is 25.9 Å². The summed E-state index contributed by atoms with van der Waals surface area (Å²) in [5.74, 6) is -0.204. The molecule has 0 aliphatic carbocycles. The van der Waals surface area contributed by atoms with E-state index in [1.165, 1.54) is 6.42 Å². The number of hydrogen-bond acceptors (Lipinski definition) is 3. The van der Waals surface area contributed by atoms with E-state index in [1.54, 1.807) is 4.90 Å². The van der Waals surface area contributed by atoms with Crippen LogP contribution in [-0.2, 0) is 9.53 Å². The van der Waals surface area contributed by atoms with Gasteiger partial charge in [-0.1, -0.05) is 6.92 Å². The predicted molar refractivity (Wildman–Crippen MR) is 73.5 cm³/mol. The van der Waals surface area contributed by atoms with Gasteiger partial charge in [-0.15, -0.1) is 0 Å². The Bertz CT molecular complexity index is 361. The van der Waals surface area contributed by atoms with Gasteiger partial charge in [0.25, 0.3) is 0 Å². The van der Waals surface area contributed by atoms with E-state index >= 15 is 0 Å². The molecule has 0 aromatic heterocycles. The van der Waals surface area contributed by atoms with E-state index in [4.69, 9.17) is 9.84 Å². The lowest BCUT2D eigenvalue weighted by Gasteiger charge is -2.35. The number of aliphatic carboxylic acids is 1. The highest BCUT2D eigenvalue weighted by atomic mass is 16.5. The molecule has 0 bridgehead atoms. The van der Waals surface area contributed by atoms with E-state index in [1.807, 2.05) is 4.90 Å². The quantitative estimate of drug-likeness (QED) is 0.832. The average molecular weight is 284 g/mol. The van der Waals surface area contributed by atoms with Crippen molar-refractivity contribution in [2.75, 3.05) is 32.8 Å². The van der Waals surface area contributed by atoms with Gasteiger partial charge in [0.05, 0.1) is 19.1 Å². The van der Waals surface area contributed by atoms with Crippen LogP contribution in [0, 0.1) is 5.92 Å². The number of carboxylic acid groups (broad SMARTS) is 1. The van der Waals surface area contributed by atoms with E-state index < -0.39 is 5.97 Å². The lowest BCUT2D eigenvalue weighted by Crippen LogP contribution is -2.51. The van der Waals surface area contributed by atoms with Crippen LogP contribution in [0.15, 0.2) is 0 Å². The van der Waals surface area contributed by atoms with Crippen LogP contribution in [0.4, 0.5) is 4.79 Å². The van der Waals surface area contributed by atoms with Crippen LogP contribution in [0.25, 0.3) is 0 Å². The van der Waals surface area contributed by atoms with E-state index in [0.29, 0.717) is 25.6 Å². The maximum absolute atomic E-state index is 12.5. The van der Waals surface area contributed by atoms with E-state index in [2.05, 4.69) is 6.92 Å². The second kappa shape index (κ2) is 6.92. The van der Waals surface area contributed by atoms with Gasteiger partial charge in [-0.3, -0.25) is 4.79 Å². The SMILES string of the molecule is CC1CCCN(C(=O)N2CCOC(CC(=O)O)C2)CC1. The summed E-state index contributed by atoms with van der Waals surface area (Å²) in [6.45, 7) is 5.21. The third-order valence-corrected chi connectivity index (χ3v) is 4.10. The van der Waals surface area contributed by atoms with Crippen molar-refractivity contribution in [3.8, 4) is 0 Å². The summed E-state index contributed by atoms with van der Waals surface area (Å²) in [6, 6.07) is 0.0396. The largest absolute Gasteiger partial charge is 0.481 e. The molecule has 1 N–H and O–H groups in total. The third kappa shape index (κ3) is 4.10. The monoisotopic (exact) mass is 284 g/mol. The maximum atomic E-state index is 12.5. The van der Waals surface area contributed by atoms with Crippen LogP contribution >= 0.6 is 0 Å². The van der Waals surface area contributed by atoms with Crippen LogP contribution in [0.2, 0.25) is 0 Å². The first kappa shape index (κ1) is 15.1. The minimum absolute atomic E-state index is 0.0396. The Balaban J connectivity index is 1.89. The topological polar surface area (TPSA) is 70.1 Å². The summed E-state index contributed by atoms with van der Waals surface area (Å²) in [5.41, 5.74) is 0. The Kier molecular flexibility index (Phi) is 5.23. The smallest absolute Gasteiger partial charge is 0.320 e. The molecule has 2 saturated heterocycles. The summed E-state index contributed by atoms with van der Waals surface area (Å²) in [7, 11) is 0. The first-order chi connectivity index (χ1) is 9.56. The fraction of sp³-hybridized carbons (Fsp3) is 0.857. The van der Waals surface area contributed by atoms with Gasteiger partial charge in [-0.2, -0.15) is 0 Å². The second-order valence-corrected chi connectivity index (χ2v) is 5.84. The van der Waals surface area contributed by atoms with Crippen molar-refractivity contribution in [3.05, 3.63) is 0 Å². The third-order valence-electron chi connectivity index (χ3n) is 4.10. The fourth-order valence-corrected chi connectivity index (χ4v) is 2.87. The van der Waals surface area contributed by atoms with Crippen LogP contribution in [-0.4, -0.2) is 65.8 Å². The number of hydrogen-bond donors (Lipinski definition) is 1. The van der Waals surface area contributed by atoms with Gasteiger partial charge < -0.3 is 19.6 Å². The van der Waals surface area contributed by atoms with Gasteiger partial charge in [-0.05, 0) is 25.2 Å². The van der Waals surface area contributed by atoms with Gasteiger partial charge in [0.2, 0.25) is 0 Å². The van der Waals surface area contributed by atoms with Crippen molar-refractivity contribution in [3.63, 3.8) is 0 Å². The Labute approximate surface area is 119 Å². The number of nitrogens with zero attached hydrogens (tertiary/aromatic N) is 2. The first-order valence-corrected chi connectivity index (χ1v) is 7.43. The van der Waals surface area contributed by atoms with Crippen LogP contribution in [0.1, 0.15) is 32.6 Å². The lowest BCUT2D eigenvalue weighted by atomic mass is 10.0. The summed E-state index contributed by atoms with van der Waals surface area (Å²) < 4.78 is 5.41. The van der Waals surface area contributed by atoms with Gasteiger partial charge in [0, 0.05) is 26.2 Å². The molecule has 2 rings (SSSR count).